The Morgan fingerprint density at radius 2 is 1.79 bits per heavy atom. The molecule has 8 nitrogen and oxygen atoms in total. The summed E-state index contributed by atoms with van der Waals surface area (Å²) >= 11 is 0. The number of ether oxygens (including phenoxy) is 3. The second-order valence-electron chi connectivity index (χ2n) is 8.53. The van der Waals surface area contributed by atoms with Gasteiger partial charge in [-0.2, -0.15) is 18.2 Å². The molecule has 4 aromatic rings. The van der Waals surface area contributed by atoms with Gasteiger partial charge in [-0.1, -0.05) is 12.1 Å². The van der Waals surface area contributed by atoms with Gasteiger partial charge in [-0.25, -0.2) is 9.78 Å². The lowest BCUT2D eigenvalue weighted by molar-refractivity contribution is -0.201. The lowest BCUT2D eigenvalue weighted by atomic mass is 10.0. The smallest absolute Gasteiger partial charge is 0.493 e. The number of aromatic nitrogens is 2. The molecule has 0 saturated carbocycles. The Morgan fingerprint density at radius 3 is 2.42 bits per heavy atom. The maximum absolute atomic E-state index is 13.3. The van der Waals surface area contributed by atoms with Crippen molar-refractivity contribution in [2.75, 3.05) is 19.3 Å². The molecule has 3 heterocycles. The lowest BCUT2D eigenvalue weighted by Gasteiger charge is -2.27. The van der Waals surface area contributed by atoms with Crippen LogP contribution in [0.5, 0.6) is 23.0 Å². The minimum atomic E-state index is -5.19. The Kier molecular flexibility index (Phi) is 6.43. The van der Waals surface area contributed by atoms with Gasteiger partial charge in [0.05, 0.1) is 32.1 Å². The molecular formula is C27H22F3N3O5. The van der Waals surface area contributed by atoms with Gasteiger partial charge in [-0.15, -0.1) is 0 Å². The highest BCUT2D eigenvalue weighted by molar-refractivity contribution is 5.99. The molecule has 0 saturated heterocycles. The van der Waals surface area contributed by atoms with Crippen LogP contribution in [0.25, 0.3) is 10.9 Å². The standard InChI is InChI=1S/C27H22F3N3O5/c1-15-20-13-22(16-6-8-17(9-7-16)37-18-5-4-10-31-14-18)33(38-26(34)27(28,29)30)25(20)21-11-19(35-2)12-23(36-3)24(21)32-15/h4-12,14,22H,13H2,1-3H3. The van der Waals surface area contributed by atoms with Crippen LogP contribution in [0, 0.1) is 6.92 Å². The molecule has 1 aliphatic heterocycles. The van der Waals surface area contributed by atoms with Crippen LogP contribution in [0.1, 0.15) is 22.9 Å². The van der Waals surface area contributed by atoms with Crippen LogP contribution in [0.4, 0.5) is 18.9 Å². The Balaban J connectivity index is 1.60. The van der Waals surface area contributed by atoms with Crippen LogP contribution in [0.15, 0.2) is 60.9 Å². The fourth-order valence-corrected chi connectivity index (χ4v) is 4.45. The van der Waals surface area contributed by atoms with Crippen molar-refractivity contribution in [2.45, 2.75) is 25.6 Å². The molecule has 196 valence electrons. The highest BCUT2D eigenvalue weighted by Gasteiger charge is 2.46. The first-order valence-electron chi connectivity index (χ1n) is 11.5. The van der Waals surface area contributed by atoms with E-state index in [9.17, 15) is 18.0 Å². The van der Waals surface area contributed by atoms with Gasteiger partial charge in [0.25, 0.3) is 0 Å². The molecule has 0 spiro atoms. The summed E-state index contributed by atoms with van der Waals surface area (Å²) in [5, 5.41) is 1.44. The summed E-state index contributed by atoms with van der Waals surface area (Å²) in [4.78, 5) is 25.7. The van der Waals surface area contributed by atoms with Crippen LogP contribution in [0.3, 0.4) is 0 Å². The van der Waals surface area contributed by atoms with Crippen LogP contribution >= 0.6 is 0 Å². The second kappa shape index (κ2) is 9.73. The second-order valence-corrected chi connectivity index (χ2v) is 8.53. The quantitative estimate of drug-likeness (QED) is 0.309. The Hall–Kier alpha value is -4.54. The molecule has 2 aromatic carbocycles. The molecule has 0 fully saturated rings. The molecule has 1 aliphatic rings. The number of benzene rings is 2. The number of hydrogen-bond donors (Lipinski definition) is 0. The first-order valence-corrected chi connectivity index (χ1v) is 11.5. The third kappa shape index (κ3) is 4.62. The zero-order chi connectivity index (χ0) is 27.0. The number of carbonyl (C=O) groups is 1. The molecule has 2 aromatic heterocycles. The van der Waals surface area contributed by atoms with E-state index in [1.54, 1.807) is 67.8 Å². The molecule has 5 rings (SSSR count). The van der Waals surface area contributed by atoms with E-state index in [4.69, 9.17) is 19.0 Å². The van der Waals surface area contributed by atoms with E-state index >= 15 is 0 Å². The predicted octanol–water partition coefficient (Wildman–Crippen LogP) is 5.87. The van der Waals surface area contributed by atoms with Crippen molar-refractivity contribution in [3.8, 4) is 23.0 Å². The van der Waals surface area contributed by atoms with Gasteiger partial charge in [-0.3, -0.25) is 4.98 Å². The normalized spacial score (nSPS) is 14.8. The van der Waals surface area contributed by atoms with E-state index < -0.39 is 18.2 Å². The number of rotatable bonds is 6. The van der Waals surface area contributed by atoms with E-state index in [0.717, 1.165) is 5.06 Å². The zero-order valence-corrected chi connectivity index (χ0v) is 20.6. The Morgan fingerprint density at radius 1 is 1.03 bits per heavy atom. The third-order valence-electron chi connectivity index (χ3n) is 6.21. The third-order valence-corrected chi connectivity index (χ3v) is 6.21. The maximum atomic E-state index is 13.3. The Bertz CT molecular complexity index is 1490. The van der Waals surface area contributed by atoms with Gasteiger partial charge >= 0.3 is 12.1 Å². The molecule has 1 unspecified atom stereocenters. The first-order chi connectivity index (χ1) is 18.2. The molecule has 0 N–H and O–H groups in total. The number of hydroxylamine groups is 1. The number of pyridine rings is 2. The molecule has 0 bridgehead atoms. The van der Waals surface area contributed by atoms with E-state index in [1.807, 2.05) is 0 Å². The topological polar surface area (TPSA) is 83.0 Å². The van der Waals surface area contributed by atoms with Gasteiger partial charge in [0.15, 0.2) is 0 Å². The summed E-state index contributed by atoms with van der Waals surface area (Å²) in [7, 11) is 2.92. The first kappa shape index (κ1) is 25.1. The summed E-state index contributed by atoms with van der Waals surface area (Å²) in [5.41, 5.74) is 2.52. The summed E-state index contributed by atoms with van der Waals surface area (Å²) in [6.45, 7) is 1.75. The Labute approximate surface area is 215 Å². The fraction of sp³-hybridized carbons (Fsp3) is 0.222. The van der Waals surface area contributed by atoms with Crippen molar-refractivity contribution in [3.05, 3.63) is 77.7 Å². The number of fused-ring (bicyclic) bond motifs is 3. The summed E-state index contributed by atoms with van der Waals surface area (Å²) in [6.07, 6.45) is -1.76. The summed E-state index contributed by atoms with van der Waals surface area (Å²) in [5.74, 6) is -0.513. The number of hydrogen-bond acceptors (Lipinski definition) is 8. The highest BCUT2D eigenvalue weighted by Crippen LogP contribution is 2.48. The maximum Gasteiger partial charge on any atom is 0.493 e. The van der Waals surface area contributed by atoms with Crippen molar-refractivity contribution in [2.24, 2.45) is 0 Å². The molecule has 0 amide bonds. The minimum Gasteiger partial charge on any atom is -0.497 e. The van der Waals surface area contributed by atoms with Crippen LogP contribution in [-0.2, 0) is 16.1 Å². The molecule has 1 atom stereocenters. The lowest BCUT2D eigenvalue weighted by Crippen LogP contribution is -2.35. The molecule has 38 heavy (non-hydrogen) atoms. The predicted molar refractivity (Wildman–Crippen MR) is 131 cm³/mol. The number of nitrogens with zero attached hydrogens (tertiary/aromatic N) is 3. The van der Waals surface area contributed by atoms with Gasteiger partial charge < -0.3 is 19.0 Å². The number of carbonyl (C=O) groups excluding carboxylic acids is 1. The van der Waals surface area contributed by atoms with Crippen molar-refractivity contribution in [1.82, 2.24) is 9.97 Å². The summed E-state index contributed by atoms with van der Waals surface area (Å²) < 4.78 is 56.6. The minimum absolute atomic E-state index is 0.248. The average molecular weight is 525 g/mol. The van der Waals surface area contributed by atoms with Gasteiger partial charge in [-0.05, 0) is 42.8 Å². The van der Waals surface area contributed by atoms with Gasteiger partial charge in [0.1, 0.15) is 28.5 Å². The molecular weight excluding hydrogens is 503 g/mol. The monoisotopic (exact) mass is 525 g/mol. The van der Waals surface area contributed by atoms with Gasteiger partial charge in [0.2, 0.25) is 0 Å². The van der Waals surface area contributed by atoms with Crippen LogP contribution in [0.2, 0.25) is 0 Å². The van der Waals surface area contributed by atoms with Crippen LogP contribution < -0.4 is 19.3 Å². The van der Waals surface area contributed by atoms with E-state index in [2.05, 4.69) is 9.97 Å². The van der Waals surface area contributed by atoms with Crippen molar-refractivity contribution >= 4 is 22.6 Å². The number of aryl methyl sites for hydroxylation is 1. The van der Waals surface area contributed by atoms with Crippen molar-refractivity contribution < 1.29 is 37.0 Å². The van der Waals surface area contributed by atoms with Crippen molar-refractivity contribution in [3.63, 3.8) is 0 Å². The molecule has 0 aliphatic carbocycles. The number of methoxy groups -OCH3 is 2. The van der Waals surface area contributed by atoms with E-state index in [-0.39, 0.29) is 6.42 Å². The largest absolute Gasteiger partial charge is 0.497 e. The number of alkyl halides is 3. The van der Waals surface area contributed by atoms with Gasteiger partial charge in [0, 0.05) is 35.3 Å². The molecule has 11 heteroatoms. The summed E-state index contributed by atoms with van der Waals surface area (Å²) in [6, 6.07) is 12.8. The van der Waals surface area contributed by atoms with E-state index in [1.165, 1.54) is 14.2 Å². The van der Waals surface area contributed by atoms with E-state index in [0.29, 0.717) is 56.4 Å². The zero-order valence-electron chi connectivity index (χ0n) is 20.6. The average Bonchev–Trinajstić information content (AvgIpc) is 3.29. The highest BCUT2D eigenvalue weighted by atomic mass is 19.4. The molecule has 0 radical (unpaired) electrons. The SMILES string of the molecule is COc1cc(OC)c2nc(C)c3c(c2c1)N(OC(=O)C(F)(F)F)C(c1ccc(Oc2cccnc2)cc1)C3. The number of halogens is 3. The van der Waals surface area contributed by atoms with Crippen LogP contribution in [-0.4, -0.2) is 36.3 Å². The number of anilines is 1. The van der Waals surface area contributed by atoms with Crippen molar-refractivity contribution in [1.29, 1.82) is 0 Å². The fourth-order valence-electron chi connectivity index (χ4n) is 4.45.